The highest BCUT2D eigenvalue weighted by Crippen LogP contribution is 2.19. The molecule has 0 radical (unpaired) electrons. The number of para-hydroxylation sites is 2. The summed E-state index contributed by atoms with van der Waals surface area (Å²) in [6.45, 7) is 2.59. The Balaban J connectivity index is 1.91. The fourth-order valence-corrected chi connectivity index (χ4v) is 2.97. The number of nitrogens with zero attached hydrogens (tertiary/aromatic N) is 3. The molecular weight excluding hydrogens is 274 g/mol. The van der Waals surface area contributed by atoms with Gasteiger partial charge in [0.2, 0.25) is 0 Å². The van der Waals surface area contributed by atoms with Crippen LogP contribution in [0.1, 0.15) is 16.5 Å². The number of benzene rings is 1. The molecule has 0 aliphatic carbocycles. The van der Waals surface area contributed by atoms with Gasteiger partial charge < -0.3 is 9.67 Å². The summed E-state index contributed by atoms with van der Waals surface area (Å²) in [5, 5.41) is 11.5. The van der Waals surface area contributed by atoms with Crippen molar-refractivity contribution in [3.63, 3.8) is 0 Å². The number of aliphatic carboxylic acids is 1. The van der Waals surface area contributed by atoms with E-state index in [1.807, 2.05) is 31.2 Å². The van der Waals surface area contributed by atoms with Crippen molar-refractivity contribution in [3.05, 3.63) is 46.2 Å². The maximum atomic E-state index is 10.7. The lowest BCUT2D eigenvalue weighted by Gasteiger charge is -2.03. The molecule has 3 rings (SSSR count). The molecule has 0 bridgehead atoms. The number of imidazole rings is 1. The molecule has 6 heteroatoms. The molecule has 0 aliphatic rings. The zero-order chi connectivity index (χ0) is 14.1. The number of thiazole rings is 1. The van der Waals surface area contributed by atoms with Crippen LogP contribution in [0.4, 0.5) is 0 Å². The summed E-state index contributed by atoms with van der Waals surface area (Å²) in [5.74, 6) is 0.0762. The minimum atomic E-state index is -0.855. The van der Waals surface area contributed by atoms with Crippen LogP contribution in [0.2, 0.25) is 0 Å². The zero-order valence-electron chi connectivity index (χ0n) is 10.9. The Kier molecular flexibility index (Phi) is 3.23. The third-order valence-corrected chi connectivity index (χ3v) is 3.95. The number of aromatic nitrogens is 3. The quantitative estimate of drug-likeness (QED) is 0.800. The standard InChI is InChI=1S/C14H13N3O2S/c1-9-15-11-4-2-3-5-12(11)17(9)7-13-16-10(8-20-13)6-14(18)19/h2-5,8H,6-7H2,1H3,(H,18,19). The van der Waals surface area contributed by atoms with Gasteiger partial charge in [-0.1, -0.05) is 12.1 Å². The van der Waals surface area contributed by atoms with Crippen molar-refractivity contribution in [2.24, 2.45) is 0 Å². The monoisotopic (exact) mass is 287 g/mol. The van der Waals surface area contributed by atoms with Gasteiger partial charge in [-0.25, -0.2) is 9.97 Å². The smallest absolute Gasteiger partial charge is 0.309 e. The highest BCUT2D eigenvalue weighted by molar-refractivity contribution is 7.09. The highest BCUT2D eigenvalue weighted by Gasteiger charge is 2.10. The first-order valence-corrected chi connectivity index (χ1v) is 7.08. The lowest BCUT2D eigenvalue weighted by Crippen LogP contribution is -2.03. The van der Waals surface area contributed by atoms with Gasteiger partial charge in [-0.2, -0.15) is 0 Å². The van der Waals surface area contributed by atoms with Crippen molar-refractivity contribution in [2.75, 3.05) is 0 Å². The maximum absolute atomic E-state index is 10.7. The molecule has 0 spiro atoms. The van der Waals surface area contributed by atoms with E-state index in [2.05, 4.69) is 14.5 Å². The Labute approximate surface area is 119 Å². The van der Waals surface area contributed by atoms with Gasteiger partial charge in [-0.05, 0) is 19.1 Å². The van der Waals surface area contributed by atoms with Gasteiger partial charge in [0.05, 0.1) is 29.7 Å². The Bertz CT molecular complexity index is 776. The van der Waals surface area contributed by atoms with Crippen molar-refractivity contribution < 1.29 is 9.90 Å². The van der Waals surface area contributed by atoms with E-state index in [9.17, 15) is 4.79 Å². The highest BCUT2D eigenvalue weighted by atomic mass is 32.1. The van der Waals surface area contributed by atoms with Crippen LogP contribution in [0.15, 0.2) is 29.6 Å². The van der Waals surface area contributed by atoms with Crippen LogP contribution < -0.4 is 0 Å². The van der Waals surface area contributed by atoms with Gasteiger partial charge in [-0.3, -0.25) is 4.79 Å². The second kappa shape index (κ2) is 5.05. The predicted octanol–water partition coefficient (Wildman–Crippen LogP) is 2.48. The van der Waals surface area contributed by atoms with Crippen LogP contribution in [0.3, 0.4) is 0 Å². The minimum Gasteiger partial charge on any atom is -0.481 e. The number of hydrogen-bond donors (Lipinski definition) is 1. The molecular formula is C14H13N3O2S. The molecule has 102 valence electrons. The molecule has 2 aromatic heterocycles. The van der Waals surface area contributed by atoms with E-state index in [0.717, 1.165) is 21.9 Å². The van der Waals surface area contributed by atoms with Crippen LogP contribution in [0.25, 0.3) is 11.0 Å². The number of aryl methyl sites for hydroxylation is 1. The molecule has 0 fully saturated rings. The van der Waals surface area contributed by atoms with Crippen molar-refractivity contribution in [3.8, 4) is 0 Å². The van der Waals surface area contributed by atoms with Crippen molar-refractivity contribution in [2.45, 2.75) is 19.9 Å². The van der Waals surface area contributed by atoms with E-state index < -0.39 is 5.97 Å². The first-order chi connectivity index (χ1) is 9.63. The average Bonchev–Trinajstić information content (AvgIpc) is 2.95. The van der Waals surface area contributed by atoms with E-state index in [1.54, 1.807) is 5.38 Å². The van der Waals surface area contributed by atoms with Crippen LogP contribution >= 0.6 is 11.3 Å². The van der Waals surface area contributed by atoms with Crippen molar-refractivity contribution >= 4 is 28.3 Å². The van der Waals surface area contributed by atoms with Crippen LogP contribution in [-0.4, -0.2) is 25.6 Å². The summed E-state index contributed by atoms with van der Waals surface area (Å²) in [6, 6.07) is 7.96. The minimum absolute atomic E-state index is 0.0276. The van der Waals surface area contributed by atoms with E-state index in [0.29, 0.717) is 12.2 Å². The molecule has 0 saturated carbocycles. The predicted molar refractivity (Wildman–Crippen MR) is 77.0 cm³/mol. The van der Waals surface area contributed by atoms with Crippen LogP contribution in [-0.2, 0) is 17.8 Å². The summed E-state index contributed by atoms with van der Waals surface area (Å²) >= 11 is 1.48. The SMILES string of the molecule is Cc1nc2ccccc2n1Cc1nc(CC(=O)O)cs1. The normalized spacial score (nSPS) is 11.1. The van der Waals surface area contributed by atoms with Crippen LogP contribution in [0, 0.1) is 6.92 Å². The molecule has 0 saturated heterocycles. The topological polar surface area (TPSA) is 68.0 Å². The molecule has 0 amide bonds. The van der Waals surface area contributed by atoms with E-state index in [1.165, 1.54) is 11.3 Å². The molecule has 20 heavy (non-hydrogen) atoms. The molecule has 0 atom stereocenters. The Morgan fingerprint density at radius 1 is 1.35 bits per heavy atom. The lowest BCUT2D eigenvalue weighted by molar-refractivity contribution is -0.136. The van der Waals surface area contributed by atoms with E-state index in [4.69, 9.17) is 5.11 Å². The van der Waals surface area contributed by atoms with E-state index >= 15 is 0 Å². The fourth-order valence-electron chi connectivity index (χ4n) is 2.19. The zero-order valence-corrected chi connectivity index (χ0v) is 11.7. The number of carboxylic acid groups (broad SMARTS) is 1. The molecule has 0 unspecified atom stereocenters. The summed E-state index contributed by atoms with van der Waals surface area (Å²) in [7, 11) is 0. The number of rotatable bonds is 4. The third kappa shape index (κ3) is 2.42. The Hall–Kier alpha value is -2.21. The van der Waals surface area contributed by atoms with Gasteiger partial charge in [0.1, 0.15) is 10.8 Å². The maximum Gasteiger partial charge on any atom is 0.309 e. The molecule has 1 N–H and O–H groups in total. The number of carbonyl (C=O) groups is 1. The lowest BCUT2D eigenvalue weighted by atomic mass is 10.3. The van der Waals surface area contributed by atoms with E-state index in [-0.39, 0.29) is 6.42 Å². The Morgan fingerprint density at radius 2 is 2.15 bits per heavy atom. The first-order valence-electron chi connectivity index (χ1n) is 6.20. The molecule has 0 aliphatic heterocycles. The largest absolute Gasteiger partial charge is 0.481 e. The first kappa shape index (κ1) is 12.8. The average molecular weight is 287 g/mol. The Morgan fingerprint density at radius 3 is 2.95 bits per heavy atom. The molecule has 2 heterocycles. The van der Waals surface area contributed by atoms with Crippen molar-refractivity contribution in [1.82, 2.24) is 14.5 Å². The summed E-state index contributed by atoms with van der Waals surface area (Å²) in [6.07, 6.45) is -0.0276. The van der Waals surface area contributed by atoms with Gasteiger partial charge in [-0.15, -0.1) is 11.3 Å². The molecule has 3 aromatic rings. The summed E-state index contributed by atoms with van der Waals surface area (Å²) in [4.78, 5) is 19.5. The molecule has 5 nitrogen and oxygen atoms in total. The second-order valence-corrected chi connectivity index (χ2v) is 5.48. The molecule has 1 aromatic carbocycles. The van der Waals surface area contributed by atoms with Crippen LogP contribution in [0.5, 0.6) is 0 Å². The second-order valence-electron chi connectivity index (χ2n) is 4.54. The fraction of sp³-hybridized carbons (Fsp3) is 0.214. The van der Waals surface area contributed by atoms with Gasteiger partial charge in [0.25, 0.3) is 0 Å². The number of hydrogen-bond acceptors (Lipinski definition) is 4. The summed E-state index contributed by atoms with van der Waals surface area (Å²) in [5.41, 5.74) is 2.65. The summed E-state index contributed by atoms with van der Waals surface area (Å²) < 4.78 is 2.10. The van der Waals surface area contributed by atoms with Gasteiger partial charge in [0.15, 0.2) is 0 Å². The number of fused-ring (bicyclic) bond motifs is 1. The van der Waals surface area contributed by atoms with Crippen molar-refractivity contribution in [1.29, 1.82) is 0 Å². The number of carboxylic acids is 1. The third-order valence-electron chi connectivity index (χ3n) is 3.07. The van der Waals surface area contributed by atoms with Gasteiger partial charge >= 0.3 is 5.97 Å². The van der Waals surface area contributed by atoms with Gasteiger partial charge in [0, 0.05) is 5.38 Å².